The molecule has 0 aromatic heterocycles. The average Bonchev–Trinajstić information content (AvgIpc) is 3.44. The minimum absolute atomic E-state index is 0.0602. The van der Waals surface area contributed by atoms with E-state index in [9.17, 15) is 19.5 Å². The number of carbonyl (C=O) groups is 3. The molecule has 8 heteroatoms. The van der Waals surface area contributed by atoms with Crippen molar-refractivity contribution < 1.29 is 29.0 Å². The number of hydrogen-bond donors (Lipinski definition) is 1. The standard InChI is InChI=1S/C33H46N2O6/c1-7-9-13-20-40-31(39)26-25-29(37)35(18-11-10-12-19-36)28(33(25)21-24(5)32(26,6)41-33)30(38)34(17-8-2)27-22(3)15-14-16-23(27)4/h7-8,14-16,24-26,28,36H,1-2,9-13,17-21H2,3-6H3/t24?,25-,26-,28?,32+,33?/m0/s1. The van der Waals surface area contributed by atoms with Crippen LogP contribution in [0.2, 0.25) is 0 Å². The van der Waals surface area contributed by atoms with Gasteiger partial charge in [-0.2, -0.15) is 0 Å². The van der Waals surface area contributed by atoms with Crippen molar-refractivity contribution in [2.24, 2.45) is 17.8 Å². The van der Waals surface area contributed by atoms with Crippen molar-refractivity contribution in [2.45, 2.75) is 83.5 Å². The van der Waals surface area contributed by atoms with Crippen LogP contribution in [0.5, 0.6) is 0 Å². The Labute approximate surface area is 244 Å². The van der Waals surface area contributed by atoms with E-state index in [-0.39, 0.29) is 37.5 Å². The lowest BCUT2D eigenvalue weighted by molar-refractivity contribution is -0.161. The number of amides is 2. The highest BCUT2D eigenvalue weighted by Crippen LogP contribution is 2.65. The summed E-state index contributed by atoms with van der Waals surface area (Å²) in [6, 6.07) is 5.01. The van der Waals surface area contributed by atoms with Gasteiger partial charge in [0.05, 0.1) is 18.1 Å². The molecule has 2 amide bonds. The van der Waals surface area contributed by atoms with Crippen LogP contribution in [0.1, 0.15) is 63.5 Å². The van der Waals surface area contributed by atoms with Crippen LogP contribution < -0.4 is 4.90 Å². The molecule has 3 saturated heterocycles. The normalized spacial score (nSPS) is 29.9. The number of aryl methyl sites for hydroxylation is 2. The quantitative estimate of drug-likeness (QED) is 0.202. The molecule has 1 N–H and O–H groups in total. The summed E-state index contributed by atoms with van der Waals surface area (Å²) in [5.41, 5.74) is 0.645. The predicted molar refractivity (Wildman–Crippen MR) is 158 cm³/mol. The highest BCUT2D eigenvalue weighted by Gasteiger charge is 2.80. The summed E-state index contributed by atoms with van der Waals surface area (Å²) in [6.45, 7) is 16.4. The van der Waals surface area contributed by atoms with Crippen LogP contribution in [0.15, 0.2) is 43.5 Å². The molecule has 3 heterocycles. The van der Waals surface area contributed by atoms with Crippen molar-refractivity contribution in [1.29, 1.82) is 0 Å². The highest BCUT2D eigenvalue weighted by molar-refractivity contribution is 6.05. The van der Waals surface area contributed by atoms with Gasteiger partial charge >= 0.3 is 5.97 Å². The lowest BCUT2D eigenvalue weighted by Gasteiger charge is -2.38. The number of ether oxygens (including phenoxy) is 2. The summed E-state index contributed by atoms with van der Waals surface area (Å²) >= 11 is 0. The largest absolute Gasteiger partial charge is 0.465 e. The molecular formula is C33H46N2O6. The van der Waals surface area contributed by atoms with Crippen molar-refractivity contribution in [1.82, 2.24) is 4.90 Å². The molecule has 6 atom stereocenters. The van der Waals surface area contributed by atoms with E-state index in [0.717, 1.165) is 29.7 Å². The molecule has 3 fully saturated rings. The number of benzene rings is 1. The Morgan fingerprint density at radius 2 is 1.88 bits per heavy atom. The van der Waals surface area contributed by atoms with Gasteiger partial charge in [-0.1, -0.05) is 37.3 Å². The Kier molecular flexibility index (Phi) is 9.44. The number of anilines is 1. The number of carbonyl (C=O) groups excluding carboxylic acids is 3. The van der Waals surface area contributed by atoms with E-state index in [1.54, 1.807) is 22.0 Å². The van der Waals surface area contributed by atoms with E-state index in [2.05, 4.69) is 13.2 Å². The van der Waals surface area contributed by atoms with Gasteiger partial charge in [0, 0.05) is 25.4 Å². The van der Waals surface area contributed by atoms with Crippen LogP contribution in [0, 0.1) is 31.6 Å². The molecule has 0 radical (unpaired) electrons. The molecule has 224 valence electrons. The summed E-state index contributed by atoms with van der Waals surface area (Å²) in [5, 5.41) is 9.31. The first kappa shape index (κ1) is 31.0. The molecule has 1 aromatic carbocycles. The zero-order valence-corrected chi connectivity index (χ0v) is 25.1. The smallest absolute Gasteiger partial charge is 0.312 e. The maximum absolute atomic E-state index is 14.8. The molecule has 1 aromatic rings. The van der Waals surface area contributed by atoms with E-state index < -0.39 is 35.0 Å². The Hall–Kier alpha value is -2.97. The number of aliphatic hydroxyl groups is 1. The molecule has 41 heavy (non-hydrogen) atoms. The van der Waals surface area contributed by atoms with Crippen LogP contribution >= 0.6 is 0 Å². The second kappa shape index (κ2) is 12.5. The number of fused-ring (bicyclic) bond motifs is 1. The SMILES string of the molecule is C=CCCCOC(=O)[C@@H]1[C@H]2C(=O)N(CCCCCO)C(C(=O)N(CC=C)c3c(C)cccc3C)C23CC(C)[C@@]1(C)O3. The summed E-state index contributed by atoms with van der Waals surface area (Å²) in [4.78, 5) is 46.1. The van der Waals surface area contributed by atoms with Gasteiger partial charge in [0.15, 0.2) is 0 Å². The van der Waals surface area contributed by atoms with Crippen LogP contribution in [-0.4, -0.2) is 71.3 Å². The van der Waals surface area contributed by atoms with E-state index >= 15 is 0 Å². The Morgan fingerprint density at radius 1 is 1.17 bits per heavy atom. The number of likely N-dealkylation sites (tertiary alicyclic amines) is 1. The third-order valence-corrected chi connectivity index (χ3v) is 9.44. The number of aliphatic hydroxyl groups excluding tert-OH is 1. The number of unbranched alkanes of at least 4 members (excludes halogenated alkanes) is 3. The van der Waals surface area contributed by atoms with Crippen LogP contribution in [0.25, 0.3) is 0 Å². The number of para-hydroxylation sites is 1. The summed E-state index contributed by atoms with van der Waals surface area (Å²) in [5.74, 6) is -2.55. The van der Waals surface area contributed by atoms with Gasteiger partial charge in [0.25, 0.3) is 5.91 Å². The Bertz CT molecular complexity index is 1160. The van der Waals surface area contributed by atoms with Gasteiger partial charge in [-0.05, 0) is 76.3 Å². The zero-order chi connectivity index (χ0) is 29.9. The van der Waals surface area contributed by atoms with Gasteiger partial charge in [0.1, 0.15) is 17.6 Å². The number of nitrogens with zero attached hydrogens (tertiary/aromatic N) is 2. The van der Waals surface area contributed by atoms with Gasteiger partial charge < -0.3 is 24.4 Å². The summed E-state index contributed by atoms with van der Waals surface area (Å²) in [7, 11) is 0. The van der Waals surface area contributed by atoms with Crippen LogP contribution in [0.3, 0.4) is 0 Å². The second-order valence-electron chi connectivity index (χ2n) is 12.1. The lowest BCUT2D eigenvalue weighted by Crippen LogP contribution is -2.57. The maximum Gasteiger partial charge on any atom is 0.312 e. The van der Waals surface area contributed by atoms with Gasteiger partial charge in [0.2, 0.25) is 5.91 Å². The lowest BCUT2D eigenvalue weighted by atomic mass is 9.62. The maximum atomic E-state index is 14.8. The Morgan fingerprint density at radius 3 is 2.51 bits per heavy atom. The van der Waals surface area contributed by atoms with Crippen molar-refractivity contribution in [3.05, 3.63) is 54.6 Å². The molecule has 1 spiro atoms. The second-order valence-corrected chi connectivity index (χ2v) is 12.1. The van der Waals surface area contributed by atoms with E-state index in [1.165, 1.54) is 0 Å². The third-order valence-electron chi connectivity index (χ3n) is 9.44. The first-order chi connectivity index (χ1) is 19.6. The molecule has 4 rings (SSSR count). The highest BCUT2D eigenvalue weighted by atomic mass is 16.6. The Balaban J connectivity index is 1.77. The monoisotopic (exact) mass is 566 g/mol. The molecular weight excluding hydrogens is 520 g/mol. The zero-order valence-electron chi connectivity index (χ0n) is 25.1. The van der Waals surface area contributed by atoms with Crippen molar-refractivity contribution in [3.63, 3.8) is 0 Å². The van der Waals surface area contributed by atoms with Gasteiger partial charge in [-0.25, -0.2) is 0 Å². The van der Waals surface area contributed by atoms with Crippen LogP contribution in [-0.2, 0) is 23.9 Å². The van der Waals surface area contributed by atoms with Crippen molar-refractivity contribution in [2.75, 3.05) is 31.2 Å². The van der Waals surface area contributed by atoms with Crippen molar-refractivity contribution >= 4 is 23.5 Å². The molecule has 0 aliphatic carbocycles. The number of rotatable bonds is 14. The number of allylic oxidation sites excluding steroid dienone is 1. The fourth-order valence-electron chi connectivity index (χ4n) is 7.48. The third kappa shape index (κ3) is 5.25. The molecule has 3 unspecified atom stereocenters. The van der Waals surface area contributed by atoms with E-state index in [0.29, 0.717) is 32.2 Å². The van der Waals surface area contributed by atoms with E-state index in [1.807, 2.05) is 45.9 Å². The average molecular weight is 567 g/mol. The predicted octanol–water partition coefficient (Wildman–Crippen LogP) is 4.51. The minimum Gasteiger partial charge on any atom is -0.465 e. The van der Waals surface area contributed by atoms with Crippen LogP contribution in [0.4, 0.5) is 5.69 Å². The molecule has 8 nitrogen and oxygen atoms in total. The minimum atomic E-state index is -1.14. The summed E-state index contributed by atoms with van der Waals surface area (Å²) in [6.07, 6.45) is 7.32. The first-order valence-electron chi connectivity index (χ1n) is 15.0. The number of esters is 1. The molecule has 3 aliphatic rings. The molecule has 0 saturated carbocycles. The topological polar surface area (TPSA) is 96.4 Å². The summed E-state index contributed by atoms with van der Waals surface area (Å²) < 4.78 is 12.5. The van der Waals surface area contributed by atoms with E-state index in [4.69, 9.17) is 9.47 Å². The molecule has 2 bridgehead atoms. The van der Waals surface area contributed by atoms with Gasteiger partial charge in [-0.3, -0.25) is 14.4 Å². The fraction of sp³-hybridized carbons (Fsp3) is 0.606. The fourth-order valence-corrected chi connectivity index (χ4v) is 7.48. The molecule has 3 aliphatic heterocycles. The number of hydrogen-bond acceptors (Lipinski definition) is 6. The van der Waals surface area contributed by atoms with Crippen molar-refractivity contribution in [3.8, 4) is 0 Å². The van der Waals surface area contributed by atoms with Gasteiger partial charge in [-0.15, -0.1) is 13.2 Å². The first-order valence-corrected chi connectivity index (χ1v) is 15.0.